The number of carbonyl (C=O) groups is 2. The van der Waals surface area contributed by atoms with Gasteiger partial charge in [0, 0.05) is 29.7 Å². The first-order valence-corrected chi connectivity index (χ1v) is 7.91. The van der Waals surface area contributed by atoms with Crippen LogP contribution in [-0.4, -0.2) is 40.3 Å². The average Bonchev–Trinajstić information content (AvgIpc) is 2.59. The molecule has 1 aromatic heterocycles. The van der Waals surface area contributed by atoms with Gasteiger partial charge in [0.05, 0.1) is 11.9 Å². The Balaban J connectivity index is 1.81. The largest absolute Gasteiger partial charge is 0.489 e. The van der Waals surface area contributed by atoms with Crippen molar-refractivity contribution in [3.8, 4) is 0 Å². The number of nitrogens with one attached hydrogen (secondary N) is 1. The number of amides is 1. The molecule has 0 radical (unpaired) electrons. The fourth-order valence-electron chi connectivity index (χ4n) is 2.91. The smallest absolute Gasteiger partial charge is 0.423 e. The Kier molecular flexibility index (Phi) is 4.84. The van der Waals surface area contributed by atoms with E-state index >= 15 is 0 Å². The second-order valence-corrected chi connectivity index (χ2v) is 6.15. The number of hydrogen-bond donors (Lipinski definition) is 3. The predicted octanol–water partition coefficient (Wildman–Crippen LogP) is 0.950. The number of benzene rings is 1. The monoisotopic (exact) mass is 360 g/mol. The van der Waals surface area contributed by atoms with E-state index in [0.717, 1.165) is 0 Å². The number of alkyl halides is 2. The number of aldehydes is 1. The van der Waals surface area contributed by atoms with Gasteiger partial charge in [0.25, 0.3) is 11.8 Å². The van der Waals surface area contributed by atoms with Gasteiger partial charge in [0.1, 0.15) is 6.29 Å². The Bertz CT molecular complexity index is 874. The summed E-state index contributed by atoms with van der Waals surface area (Å²) in [6.07, 6.45) is 1.33. The van der Waals surface area contributed by atoms with E-state index in [9.17, 15) is 28.4 Å². The molecule has 3 N–H and O–H groups in total. The first kappa shape index (κ1) is 18.2. The lowest BCUT2D eigenvalue weighted by Gasteiger charge is -2.23. The maximum atomic E-state index is 13.5. The van der Waals surface area contributed by atoms with E-state index in [-0.39, 0.29) is 35.1 Å². The van der Waals surface area contributed by atoms with E-state index < -0.39 is 25.4 Å². The SMILES string of the molecule is O=Cc1cc(C(=O)Nc2cnc3c(c2)CC(F)(F)CC3)ccc1B(O)O. The zero-order chi connectivity index (χ0) is 18.9. The quantitative estimate of drug-likeness (QED) is 0.557. The Labute approximate surface area is 148 Å². The molecule has 1 aromatic carbocycles. The van der Waals surface area contributed by atoms with Crippen LogP contribution in [0.15, 0.2) is 30.5 Å². The van der Waals surface area contributed by atoms with E-state index in [0.29, 0.717) is 17.5 Å². The second kappa shape index (κ2) is 6.93. The summed E-state index contributed by atoms with van der Waals surface area (Å²) in [4.78, 5) is 27.5. The number of anilines is 1. The lowest BCUT2D eigenvalue weighted by Crippen LogP contribution is -2.33. The van der Waals surface area contributed by atoms with Crippen LogP contribution in [0, 0.1) is 0 Å². The van der Waals surface area contributed by atoms with Crippen LogP contribution in [0.4, 0.5) is 14.5 Å². The number of aromatic nitrogens is 1. The maximum Gasteiger partial charge on any atom is 0.489 e. The summed E-state index contributed by atoms with van der Waals surface area (Å²) in [5.74, 6) is -3.35. The number of halogens is 2. The highest BCUT2D eigenvalue weighted by atomic mass is 19.3. The van der Waals surface area contributed by atoms with Crippen molar-refractivity contribution in [1.82, 2.24) is 4.98 Å². The number of aryl methyl sites for hydroxylation is 1. The standard InChI is InChI=1S/C17H15BF2N2O4/c19-17(20)4-3-15-11(7-17)6-13(8-21-15)22-16(24)10-1-2-14(18(25)26)12(5-10)9-23/h1-2,5-6,8-9,25-26H,3-4,7H2,(H,22,24). The highest BCUT2D eigenvalue weighted by Gasteiger charge is 2.34. The first-order valence-electron chi connectivity index (χ1n) is 7.91. The van der Waals surface area contributed by atoms with Crippen molar-refractivity contribution in [3.05, 3.63) is 52.8 Å². The third kappa shape index (κ3) is 3.78. The number of carbonyl (C=O) groups excluding carboxylic acids is 2. The maximum absolute atomic E-state index is 13.5. The average molecular weight is 360 g/mol. The second-order valence-electron chi connectivity index (χ2n) is 6.15. The molecule has 0 aliphatic heterocycles. The zero-order valence-corrected chi connectivity index (χ0v) is 13.6. The number of pyridine rings is 1. The van der Waals surface area contributed by atoms with Gasteiger partial charge >= 0.3 is 7.12 Å². The lowest BCUT2D eigenvalue weighted by atomic mass is 9.77. The highest BCUT2D eigenvalue weighted by Crippen LogP contribution is 2.33. The summed E-state index contributed by atoms with van der Waals surface area (Å²) in [6.45, 7) is 0. The van der Waals surface area contributed by atoms with Gasteiger partial charge in [-0.3, -0.25) is 14.6 Å². The van der Waals surface area contributed by atoms with Crippen LogP contribution in [0.3, 0.4) is 0 Å². The van der Waals surface area contributed by atoms with Gasteiger partial charge in [0.15, 0.2) is 0 Å². The van der Waals surface area contributed by atoms with E-state index in [1.54, 1.807) is 0 Å². The summed E-state index contributed by atoms with van der Waals surface area (Å²) in [7, 11) is -1.83. The van der Waals surface area contributed by atoms with E-state index in [1.165, 1.54) is 30.5 Å². The molecule has 0 atom stereocenters. The van der Waals surface area contributed by atoms with Crippen molar-refractivity contribution in [1.29, 1.82) is 0 Å². The third-order valence-electron chi connectivity index (χ3n) is 4.25. The van der Waals surface area contributed by atoms with Crippen LogP contribution in [0.2, 0.25) is 0 Å². The van der Waals surface area contributed by atoms with Crippen LogP contribution < -0.4 is 10.8 Å². The van der Waals surface area contributed by atoms with E-state index in [4.69, 9.17) is 0 Å². The molecule has 0 bridgehead atoms. The van der Waals surface area contributed by atoms with Crippen molar-refractivity contribution < 1.29 is 28.4 Å². The molecule has 1 aliphatic rings. The molecule has 0 spiro atoms. The number of fused-ring (bicyclic) bond motifs is 1. The molecule has 6 nitrogen and oxygen atoms in total. The van der Waals surface area contributed by atoms with Gasteiger partial charge in [-0.1, -0.05) is 6.07 Å². The van der Waals surface area contributed by atoms with E-state index in [1.807, 2.05) is 0 Å². The van der Waals surface area contributed by atoms with Crippen LogP contribution in [0.25, 0.3) is 0 Å². The fourth-order valence-corrected chi connectivity index (χ4v) is 2.91. The zero-order valence-electron chi connectivity index (χ0n) is 13.6. The highest BCUT2D eigenvalue weighted by molar-refractivity contribution is 6.60. The molecule has 3 rings (SSSR count). The molecule has 0 saturated carbocycles. The molecule has 2 aromatic rings. The predicted molar refractivity (Wildman–Crippen MR) is 90.8 cm³/mol. The lowest BCUT2D eigenvalue weighted by molar-refractivity contribution is -0.0127. The normalized spacial score (nSPS) is 15.1. The molecule has 1 aliphatic carbocycles. The number of nitrogens with zero attached hydrogens (tertiary/aromatic N) is 1. The molecular weight excluding hydrogens is 345 g/mol. The van der Waals surface area contributed by atoms with Crippen LogP contribution in [-0.2, 0) is 12.8 Å². The van der Waals surface area contributed by atoms with Crippen molar-refractivity contribution in [2.45, 2.75) is 25.2 Å². The minimum atomic E-state index is -2.78. The molecule has 9 heteroatoms. The molecule has 0 unspecified atom stereocenters. The Morgan fingerprint density at radius 2 is 2.08 bits per heavy atom. The fraction of sp³-hybridized carbons (Fsp3) is 0.235. The van der Waals surface area contributed by atoms with E-state index in [2.05, 4.69) is 10.3 Å². The van der Waals surface area contributed by atoms with Gasteiger partial charge in [-0.05, 0) is 35.6 Å². The van der Waals surface area contributed by atoms with Gasteiger partial charge in [-0.2, -0.15) is 0 Å². The van der Waals surface area contributed by atoms with Gasteiger partial charge in [0.2, 0.25) is 0 Å². The minimum Gasteiger partial charge on any atom is -0.423 e. The number of hydrogen-bond acceptors (Lipinski definition) is 5. The van der Waals surface area contributed by atoms with Crippen LogP contribution in [0.5, 0.6) is 0 Å². The molecule has 0 saturated heterocycles. The molecular formula is C17H15BF2N2O4. The molecule has 1 amide bonds. The third-order valence-corrected chi connectivity index (χ3v) is 4.25. The molecule has 134 valence electrons. The molecule has 1 heterocycles. The topological polar surface area (TPSA) is 99.5 Å². The summed E-state index contributed by atoms with van der Waals surface area (Å²) in [6, 6.07) is 5.28. The van der Waals surface area contributed by atoms with Crippen molar-refractivity contribution >= 4 is 30.5 Å². The van der Waals surface area contributed by atoms with Gasteiger partial charge in [-0.15, -0.1) is 0 Å². The Hall–Kier alpha value is -2.65. The summed E-state index contributed by atoms with van der Waals surface area (Å²) < 4.78 is 27.1. The van der Waals surface area contributed by atoms with Crippen molar-refractivity contribution in [2.24, 2.45) is 0 Å². The Morgan fingerprint density at radius 3 is 2.77 bits per heavy atom. The number of rotatable bonds is 4. The Morgan fingerprint density at radius 1 is 1.31 bits per heavy atom. The summed E-state index contributed by atoms with van der Waals surface area (Å²) in [5.41, 5.74) is 1.32. The molecule has 0 fully saturated rings. The van der Waals surface area contributed by atoms with Crippen LogP contribution >= 0.6 is 0 Å². The first-order chi connectivity index (χ1) is 12.3. The van der Waals surface area contributed by atoms with Crippen molar-refractivity contribution in [3.63, 3.8) is 0 Å². The summed E-state index contributed by atoms with van der Waals surface area (Å²) in [5, 5.41) is 20.9. The van der Waals surface area contributed by atoms with Crippen molar-refractivity contribution in [2.75, 3.05) is 5.32 Å². The van der Waals surface area contributed by atoms with Gasteiger partial charge < -0.3 is 15.4 Å². The van der Waals surface area contributed by atoms with Crippen LogP contribution in [0.1, 0.15) is 38.4 Å². The minimum absolute atomic E-state index is 0.0192. The van der Waals surface area contributed by atoms with Gasteiger partial charge in [-0.25, -0.2) is 8.78 Å². The molecule has 26 heavy (non-hydrogen) atoms. The summed E-state index contributed by atoms with van der Waals surface area (Å²) >= 11 is 0.